The van der Waals surface area contributed by atoms with Gasteiger partial charge in [0.25, 0.3) is 0 Å². The summed E-state index contributed by atoms with van der Waals surface area (Å²) >= 11 is 0. The number of anilines is 1. The highest BCUT2D eigenvalue weighted by Crippen LogP contribution is 2.33. The van der Waals surface area contributed by atoms with Crippen LogP contribution in [0.4, 0.5) is 5.82 Å². The largest absolute Gasteiger partial charge is 0.495 e. The molecule has 14 heavy (non-hydrogen) atoms. The van der Waals surface area contributed by atoms with Crippen molar-refractivity contribution in [3.05, 3.63) is 18.3 Å². The molecule has 1 saturated carbocycles. The van der Waals surface area contributed by atoms with Crippen LogP contribution in [0.1, 0.15) is 19.8 Å². The van der Waals surface area contributed by atoms with Gasteiger partial charge in [-0.1, -0.05) is 0 Å². The highest BCUT2D eigenvalue weighted by Gasteiger charge is 2.27. The van der Waals surface area contributed by atoms with Gasteiger partial charge in [0.15, 0.2) is 0 Å². The number of nitrogens with one attached hydrogen (secondary N) is 1. The number of methoxy groups -OCH3 is 1. The molecule has 1 N–H and O–H groups in total. The minimum Gasteiger partial charge on any atom is -0.495 e. The first-order chi connectivity index (χ1) is 6.79. The van der Waals surface area contributed by atoms with Crippen molar-refractivity contribution in [3.63, 3.8) is 0 Å². The Morgan fingerprint density at radius 2 is 2.29 bits per heavy atom. The van der Waals surface area contributed by atoms with Crippen molar-refractivity contribution in [1.82, 2.24) is 4.98 Å². The molecule has 1 heterocycles. The Balaban J connectivity index is 1.95. The van der Waals surface area contributed by atoms with Gasteiger partial charge in [-0.25, -0.2) is 4.98 Å². The molecular weight excluding hydrogens is 176 g/mol. The van der Waals surface area contributed by atoms with Crippen LogP contribution in [-0.2, 0) is 0 Å². The van der Waals surface area contributed by atoms with Gasteiger partial charge in [0.05, 0.1) is 13.3 Å². The van der Waals surface area contributed by atoms with Crippen LogP contribution in [0.25, 0.3) is 0 Å². The minimum atomic E-state index is 0.538. The summed E-state index contributed by atoms with van der Waals surface area (Å²) in [5.41, 5.74) is 0. The molecule has 1 aromatic rings. The fourth-order valence-corrected chi connectivity index (χ4v) is 1.53. The Labute approximate surface area is 84.5 Å². The quantitative estimate of drug-likeness (QED) is 0.794. The lowest BCUT2D eigenvalue weighted by molar-refractivity contribution is 0.413. The zero-order valence-electron chi connectivity index (χ0n) is 8.66. The van der Waals surface area contributed by atoms with E-state index in [1.165, 1.54) is 12.8 Å². The topological polar surface area (TPSA) is 34.1 Å². The van der Waals surface area contributed by atoms with E-state index >= 15 is 0 Å². The standard InChI is InChI=1S/C11H16N2O/c1-8(9-3-4-9)13-11-6-5-10(14-2)7-12-11/h5-9H,3-4H2,1-2H3,(H,12,13). The summed E-state index contributed by atoms with van der Waals surface area (Å²) in [4.78, 5) is 4.26. The summed E-state index contributed by atoms with van der Waals surface area (Å²) in [7, 11) is 1.65. The molecule has 1 aliphatic rings. The summed E-state index contributed by atoms with van der Waals surface area (Å²) in [6, 6.07) is 4.42. The molecule has 0 spiro atoms. The van der Waals surface area contributed by atoms with Crippen molar-refractivity contribution in [2.45, 2.75) is 25.8 Å². The predicted molar refractivity (Wildman–Crippen MR) is 56.6 cm³/mol. The van der Waals surface area contributed by atoms with E-state index in [1.54, 1.807) is 13.3 Å². The summed E-state index contributed by atoms with van der Waals surface area (Å²) < 4.78 is 5.04. The molecule has 0 radical (unpaired) electrons. The van der Waals surface area contributed by atoms with Crippen LogP contribution < -0.4 is 10.1 Å². The maximum Gasteiger partial charge on any atom is 0.137 e. The molecule has 3 heteroatoms. The molecule has 0 saturated heterocycles. The second-order valence-electron chi connectivity index (χ2n) is 3.85. The maximum atomic E-state index is 5.04. The van der Waals surface area contributed by atoms with Crippen molar-refractivity contribution in [2.24, 2.45) is 5.92 Å². The van der Waals surface area contributed by atoms with Crippen LogP contribution in [-0.4, -0.2) is 18.1 Å². The third-order valence-electron chi connectivity index (χ3n) is 2.68. The highest BCUT2D eigenvalue weighted by atomic mass is 16.5. The Bertz CT molecular complexity index is 293. The second kappa shape index (κ2) is 3.86. The molecule has 76 valence electrons. The van der Waals surface area contributed by atoms with Crippen molar-refractivity contribution in [1.29, 1.82) is 0 Å². The van der Waals surface area contributed by atoms with Crippen LogP contribution >= 0.6 is 0 Å². The smallest absolute Gasteiger partial charge is 0.137 e. The van der Waals surface area contributed by atoms with Gasteiger partial charge in [-0.2, -0.15) is 0 Å². The molecule has 0 amide bonds. The zero-order valence-corrected chi connectivity index (χ0v) is 8.66. The zero-order chi connectivity index (χ0) is 9.97. The van der Waals surface area contributed by atoms with Gasteiger partial charge in [-0.05, 0) is 37.8 Å². The van der Waals surface area contributed by atoms with E-state index in [4.69, 9.17) is 4.74 Å². The summed E-state index contributed by atoms with van der Waals surface area (Å²) in [5.74, 6) is 2.58. The molecule has 0 aromatic carbocycles. The number of nitrogens with zero attached hydrogens (tertiary/aromatic N) is 1. The molecule has 1 aliphatic carbocycles. The maximum absolute atomic E-state index is 5.04. The van der Waals surface area contributed by atoms with E-state index in [9.17, 15) is 0 Å². The summed E-state index contributed by atoms with van der Waals surface area (Å²) in [6.07, 6.45) is 4.44. The van der Waals surface area contributed by atoms with E-state index in [2.05, 4.69) is 17.2 Å². The molecule has 1 fully saturated rings. The first-order valence-corrected chi connectivity index (χ1v) is 5.06. The molecule has 0 bridgehead atoms. The van der Waals surface area contributed by atoms with Gasteiger partial charge in [0, 0.05) is 6.04 Å². The molecule has 3 nitrogen and oxygen atoms in total. The first-order valence-electron chi connectivity index (χ1n) is 5.06. The average Bonchev–Trinajstić information content (AvgIpc) is 3.02. The second-order valence-corrected chi connectivity index (χ2v) is 3.85. The minimum absolute atomic E-state index is 0.538. The van der Waals surface area contributed by atoms with Crippen LogP contribution in [0.3, 0.4) is 0 Å². The normalized spacial score (nSPS) is 17.6. The molecule has 2 rings (SSSR count). The fourth-order valence-electron chi connectivity index (χ4n) is 1.53. The van der Waals surface area contributed by atoms with Gasteiger partial charge >= 0.3 is 0 Å². The SMILES string of the molecule is COc1ccc(NC(C)C2CC2)nc1. The lowest BCUT2D eigenvalue weighted by Crippen LogP contribution is -2.17. The van der Waals surface area contributed by atoms with E-state index in [0.29, 0.717) is 6.04 Å². The monoisotopic (exact) mass is 192 g/mol. The van der Waals surface area contributed by atoms with Crippen LogP contribution in [0, 0.1) is 5.92 Å². The number of hydrogen-bond donors (Lipinski definition) is 1. The van der Waals surface area contributed by atoms with Crippen LogP contribution in [0.2, 0.25) is 0 Å². The van der Waals surface area contributed by atoms with Gasteiger partial charge in [-0.3, -0.25) is 0 Å². The number of hydrogen-bond acceptors (Lipinski definition) is 3. The third kappa shape index (κ3) is 2.16. The number of aromatic nitrogens is 1. The van der Waals surface area contributed by atoms with Gasteiger partial charge in [0.1, 0.15) is 11.6 Å². The molecule has 1 atom stereocenters. The number of ether oxygens (including phenoxy) is 1. The van der Waals surface area contributed by atoms with Crippen molar-refractivity contribution >= 4 is 5.82 Å². The lowest BCUT2D eigenvalue weighted by Gasteiger charge is -2.13. The van der Waals surface area contributed by atoms with Crippen molar-refractivity contribution in [3.8, 4) is 5.75 Å². The van der Waals surface area contributed by atoms with Crippen molar-refractivity contribution in [2.75, 3.05) is 12.4 Å². The van der Waals surface area contributed by atoms with E-state index in [1.807, 2.05) is 12.1 Å². The predicted octanol–water partition coefficient (Wildman–Crippen LogP) is 2.30. The van der Waals surface area contributed by atoms with Crippen LogP contribution in [0.15, 0.2) is 18.3 Å². The van der Waals surface area contributed by atoms with E-state index in [-0.39, 0.29) is 0 Å². The number of pyridine rings is 1. The van der Waals surface area contributed by atoms with Gasteiger partial charge < -0.3 is 10.1 Å². The third-order valence-corrected chi connectivity index (χ3v) is 2.68. The Morgan fingerprint density at radius 3 is 2.79 bits per heavy atom. The first kappa shape index (κ1) is 9.31. The molecule has 1 unspecified atom stereocenters. The van der Waals surface area contributed by atoms with Gasteiger partial charge in [-0.15, -0.1) is 0 Å². The van der Waals surface area contributed by atoms with Crippen molar-refractivity contribution < 1.29 is 4.74 Å². The molecular formula is C11H16N2O. The Morgan fingerprint density at radius 1 is 1.50 bits per heavy atom. The lowest BCUT2D eigenvalue weighted by atomic mass is 10.2. The summed E-state index contributed by atoms with van der Waals surface area (Å²) in [6.45, 7) is 2.21. The van der Waals surface area contributed by atoms with Gasteiger partial charge in [0.2, 0.25) is 0 Å². The molecule has 1 aromatic heterocycles. The van der Waals surface area contributed by atoms with Crippen LogP contribution in [0.5, 0.6) is 5.75 Å². The number of rotatable bonds is 4. The highest BCUT2D eigenvalue weighted by molar-refractivity contribution is 5.38. The Hall–Kier alpha value is -1.25. The summed E-state index contributed by atoms with van der Waals surface area (Å²) in [5, 5.41) is 3.39. The van der Waals surface area contributed by atoms with E-state index in [0.717, 1.165) is 17.5 Å². The average molecular weight is 192 g/mol. The van der Waals surface area contributed by atoms with E-state index < -0.39 is 0 Å². The molecule has 0 aliphatic heterocycles. The fraction of sp³-hybridized carbons (Fsp3) is 0.545. The Kier molecular flexibility index (Phi) is 2.57.